The van der Waals surface area contributed by atoms with Gasteiger partial charge in [0.05, 0.1) is 11.6 Å². The van der Waals surface area contributed by atoms with E-state index in [9.17, 15) is 31.9 Å². The fourth-order valence-electron chi connectivity index (χ4n) is 4.72. The van der Waals surface area contributed by atoms with E-state index in [2.05, 4.69) is 10.6 Å². The van der Waals surface area contributed by atoms with Crippen LogP contribution in [0.15, 0.2) is 24.3 Å². The van der Waals surface area contributed by atoms with Gasteiger partial charge in [-0.2, -0.15) is 0 Å². The van der Waals surface area contributed by atoms with Gasteiger partial charge in [-0.3, -0.25) is 14.4 Å². The number of hydrogen-bond acceptors (Lipinski definition) is 3. The van der Waals surface area contributed by atoms with Crippen molar-refractivity contribution in [3.8, 4) is 0 Å². The second kappa shape index (κ2) is 9.96. The van der Waals surface area contributed by atoms with Crippen molar-refractivity contribution in [3.05, 3.63) is 69.2 Å². The van der Waals surface area contributed by atoms with Crippen molar-refractivity contribution in [2.45, 2.75) is 70.1 Å². The molecule has 1 saturated heterocycles. The fourth-order valence-corrected chi connectivity index (χ4v) is 4.92. The van der Waals surface area contributed by atoms with Gasteiger partial charge >= 0.3 is 0 Å². The maximum absolute atomic E-state index is 15.0. The molecule has 1 saturated carbocycles. The van der Waals surface area contributed by atoms with Gasteiger partial charge in [0.25, 0.3) is 11.8 Å². The molecule has 6 nitrogen and oxygen atoms in total. The van der Waals surface area contributed by atoms with Gasteiger partial charge in [-0.25, -0.2) is 17.6 Å². The van der Waals surface area contributed by atoms with Gasteiger partial charge in [0.1, 0.15) is 16.4 Å². The number of benzene rings is 2. The zero-order valence-corrected chi connectivity index (χ0v) is 21.2. The number of carbonyl (C=O) groups excluding carboxylic acids is 3. The van der Waals surface area contributed by atoms with Crippen molar-refractivity contribution in [2.24, 2.45) is 0 Å². The molecule has 37 heavy (non-hydrogen) atoms. The summed E-state index contributed by atoms with van der Waals surface area (Å²) in [5.74, 6) is -7.31. The summed E-state index contributed by atoms with van der Waals surface area (Å²) < 4.78 is 56.3. The summed E-state index contributed by atoms with van der Waals surface area (Å²) in [6.45, 7) is 5.44. The molecule has 198 valence electrons. The zero-order chi connectivity index (χ0) is 27.2. The van der Waals surface area contributed by atoms with E-state index >= 15 is 0 Å². The molecule has 3 amide bonds. The van der Waals surface area contributed by atoms with Crippen LogP contribution in [0.1, 0.15) is 78.8 Å². The second-order valence-electron chi connectivity index (χ2n) is 9.80. The van der Waals surface area contributed by atoms with Crippen molar-refractivity contribution >= 4 is 29.3 Å². The Morgan fingerprint density at radius 1 is 1.00 bits per heavy atom. The number of nitrogens with zero attached hydrogens (tertiary/aromatic N) is 1. The molecular weight excluding hydrogens is 514 g/mol. The number of carbonyl (C=O) groups is 3. The predicted molar refractivity (Wildman–Crippen MR) is 128 cm³/mol. The first-order chi connectivity index (χ1) is 17.4. The normalized spacial score (nSPS) is 20.9. The third-order valence-electron chi connectivity index (χ3n) is 7.13. The van der Waals surface area contributed by atoms with Crippen LogP contribution in [0, 0.1) is 23.3 Å². The summed E-state index contributed by atoms with van der Waals surface area (Å²) >= 11 is 5.41. The number of nitrogens with one attached hydrogen (secondary N) is 2. The molecule has 2 aromatic rings. The van der Waals surface area contributed by atoms with Gasteiger partial charge < -0.3 is 15.5 Å². The van der Waals surface area contributed by atoms with E-state index in [1.165, 1.54) is 19.1 Å². The average Bonchev–Trinajstić information content (AvgIpc) is 3.56. The van der Waals surface area contributed by atoms with Crippen molar-refractivity contribution in [1.82, 2.24) is 15.5 Å². The standard InChI is InChI=1S/C26H26ClF4N3O3/c1-12-4-5-13(2)34(12)24(36)15-6-7-16(18(28)10-15)14(3)32-25(37)26(8-9-26)33-23(35)17-11-19(29)22(31)20(27)21(17)30/h6-7,10-14H,4-5,8-9H2,1-3H3,(H,32,37)(H,33,35)/t12-,13+,14-/m1/s1. The number of rotatable bonds is 6. The highest BCUT2D eigenvalue weighted by Crippen LogP contribution is 2.37. The summed E-state index contributed by atoms with van der Waals surface area (Å²) in [6, 6.07) is 3.73. The Morgan fingerprint density at radius 3 is 2.19 bits per heavy atom. The molecule has 0 spiro atoms. The van der Waals surface area contributed by atoms with Crippen LogP contribution in [0.4, 0.5) is 17.6 Å². The lowest BCUT2D eigenvalue weighted by Gasteiger charge is -2.27. The largest absolute Gasteiger partial charge is 0.347 e. The third kappa shape index (κ3) is 5.03. The predicted octanol–water partition coefficient (Wildman–Crippen LogP) is 5.05. The van der Waals surface area contributed by atoms with Gasteiger partial charge in [0.15, 0.2) is 17.5 Å². The van der Waals surface area contributed by atoms with E-state index in [0.717, 1.165) is 18.9 Å². The second-order valence-corrected chi connectivity index (χ2v) is 10.2. The highest BCUT2D eigenvalue weighted by atomic mass is 35.5. The topological polar surface area (TPSA) is 78.5 Å². The first-order valence-electron chi connectivity index (χ1n) is 11.9. The van der Waals surface area contributed by atoms with Gasteiger partial charge in [-0.1, -0.05) is 17.7 Å². The molecule has 0 bridgehead atoms. The third-order valence-corrected chi connectivity index (χ3v) is 7.46. The first kappa shape index (κ1) is 26.9. The number of amides is 3. The lowest BCUT2D eigenvalue weighted by atomic mass is 10.0. The number of hydrogen-bond donors (Lipinski definition) is 2. The molecule has 2 aliphatic rings. The SMILES string of the molecule is C[C@@H]1CC[C@H](C)N1C(=O)c1ccc([C@@H](C)NC(=O)C2(NC(=O)c3cc(F)c(F)c(Cl)c3F)CC2)c(F)c1. The fraction of sp³-hybridized carbons (Fsp3) is 0.423. The zero-order valence-electron chi connectivity index (χ0n) is 20.4. The molecule has 0 unspecified atom stereocenters. The van der Waals surface area contributed by atoms with Gasteiger partial charge in [-0.15, -0.1) is 0 Å². The van der Waals surface area contributed by atoms with Crippen LogP contribution < -0.4 is 10.6 Å². The summed E-state index contributed by atoms with van der Waals surface area (Å²) in [6.07, 6.45) is 2.17. The van der Waals surface area contributed by atoms with E-state index in [1.54, 1.807) is 4.90 Å². The van der Waals surface area contributed by atoms with Gasteiger partial charge in [-0.05, 0) is 64.7 Å². The average molecular weight is 540 g/mol. The molecule has 1 aliphatic carbocycles. The highest BCUT2D eigenvalue weighted by Gasteiger charge is 2.52. The van der Waals surface area contributed by atoms with Crippen LogP contribution in [-0.4, -0.2) is 40.2 Å². The molecule has 2 N–H and O–H groups in total. The van der Waals surface area contributed by atoms with E-state index in [1.807, 2.05) is 13.8 Å². The van der Waals surface area contributed by atoms with E-state index in [0.29, 0.717) is 6.07 Å². The van der Waals surface area contributed by atoms with Crippen LogP contribution in [0.3, 0.4) is 0 Å². The van der Waals surface area contributed by atoms with Crippen molar-refractivity contribution in [1.29, 1.82) is 0 Å². The molecule has 1 heterocycles. The number of likely N-dealkylation sites (tertiary alicyclic amines) is 1. The van der Waals surface area contributed by atoms with Crippen LogP contribution >= 0.6 is 11.6 Å². The Morgan fingerprint density at radius 2 is 1.62 bits per heavy atom. The summed E-state index contributed by atoms with van der Waals surface area (Å²) in [5.41, 5.74) is -1.92. The Bertz CT molecular complexity index is 1270. The molecule has 0 aromatic heterocycles. The minimum Gasteiger partial charge on any atom is -0.347 e. The van der Waals surface area contributed by atoms with Crippen LogP contribution in [-0.2, 0) is 4.79 Å². The maximum Gasteiger partial charge on any atom is 0.255 e. The van der Waals surface area contributed by atoms with Crippen molar-refractivity contribution in [3.63, 3.8) is 0 Å². The Labute approximate surface area is 216 Å². The van der Waals surface area contributed by atoms with Crippen LogP contribution in [0.5, 0.6) is 0 Å². The monoisotopic (exact) mass is 539 g/mol. The molecule has 2 aromatic carbocycles. The minimum atomic E-state index is -1.62. The Kier molecular flexibility index (Phi) is 7.25. The van der Waals surface area contributed by atoms with E-state index in [4.69, 9.17) is 11.6 Å². The molecule has 1 aliphatic heterocycles. The Balaban J connectivity index is 1.45. The molecule has 3 atom stereocenters. The maximum atomic E-state index is 15.0. The van der Waals surface area contributed by atoms with Gasteiger partial charge in [0, 0.05) is 23.2 Å². The van der Waals surface area contributed by atoms with E-state index in [-0.39, 0.29) is 42.0 Å². The highest BCUT2D eigenvalue weighted by molar-refractivity contribution is 6.31. The summed E-state index contributed by atoms with van der Waals surface area (Å²) in [7, 11) is 0. The van der Waals surface area contributed by atoms with Crippen LogP contribution in [0.25, 0.3) is 0 Å². The molecular formula is C26H26ClF4N3O3. The number of halogens is 5. The molecule has 4 rings (SSSR count). The molecule has 11 heteroatoms. The Hall–Kier alpha value is -3.14. The van der Waals surface area contributed by atoms with Gasteiger partial charge in [0.2, 0.25) is 5.91 Å². The molecule has 2 fully saturated rings. The van der Waals surface area contributed by atoms with E-state index < -0.39 is 57.3 Å². The first-order valence-corrected chi connectivity index (χ1v) is 12.3. The quantitative estimate of drug-likeness (QED) is 0.306. The molecule has 0 radical (unpaired) electrons. The van der Waals surface area contributed by atoms with Crippen LogP contribution in [0.2, 0.25) is 5.02 Å². The lowest BCUT2D eigenvalue weighted by molar-refractivity contribution is -0.124. The summed E-state index contributed by atoms with van der Waals surface area (Å²) in [4.78, 5) is 40.1. The smallest absolute Gasteiger partial charge is 0.255 e. The summed E-state index contributed by atoms with van der Waals surface area (Å²) in [5, 5.41) is 3.80. The van der Waals surface area contributed by atoms with Crippen molar-refractivity contribution < 1.29 is 31.9 Å². The lowest BCUT2D eigenvalue weighted by Crippen LogP contribution is -2.49. The minimum absolute atomic E-state index is 0.0595. The van der Waals surface area contributed by atoms with Crippen molar-refractivity contribution in [2.75, 3.05) is 0 Å².